The zero-order valence-electron chi connectivity index (χ0n) is 14.1. The van der Waals surface area contributed by atoms with Crippen LogP contribution >= 0.6 is 23.8 Å². The molecule has 1 aromatic carbocycles. The van der Waals surface area contributed by atoms with Gasteiger partial charge in [0.15, 0.2) is 16.6 Å². The Kier molecular flexibility index (Phi) is 5.69. The van der Waals surface area contributed by atoms with Gasteiger partial charge < -0.3 is 20.2 Å². The summed E-state index contributed by atoms with van der Waals surface area (Å²) >= 11 is 11.4. The maximum absolute atomic E-state index is 11.0. The number of carbonyl (C=O) groups is 1. The number of piperazine rings is 1. The number of nitrogens with zero attached hydrogens (tertiary/aromatic N) is 5. The van der Waals surface area contributed by atoms with Crippen molar-refractivity contribution in [3.63, 3.8) is 0 Å². The fraction of sp³-hybridized carbons (Fsp3) is 0.235. The van der Waals surface area contributed by atoms with Crippen molar-refractivity contribution in [2.45, 2.75) is 0 Å². The maximum atomic E-state index is 11.0. The minimum Gasteiger partial charge on any atom is -0.478 e. The van der Waals surface area contributed by atoms with E-state index in [2.05, 4.69) is 21.4 Å². The van der Waals surface area contributed by atoms with Gasteiger partial charge in [0.05, 0.1) is 10.6 Å². The summed E-state index contributed by atoms with van der Waals surface area (Å²) in [6, 6.07) is 6.65. The second-order valence-electron chi connectivity index (χ2n) is 5.74. The molecule has 1 aromatic heterocycles. The molecule has 2 heterocycles. The highest BCUT2D eigenvalue weighted by molar-refractivity contribution is 7.80. The minimum absolute atomic E-state index is 0.0408. The van der Waals surface area contributed by atoms with E-state index in [0.717, 1.165) is 0 Å². The van der Waals surface area contributed by atoms with Crippen LogP contribution in [0.15, 0.2) is 30.6 Å². The third-order valence-corrected chi connectivity index (χ3v) is 4.77. The summed E-state index contributed by atoms with van der Waals surface area (Å²) in [5.74, 6) is -0.499. The number of nitriles is 1. The summed E-state index contributed by atoms with van der Waals surface area (Å²) < 4.78 is 0. The topological polar surface area (TPSA) is 105 Å². The van der Waals surface area contributed by atoms with Crippen molar-refractivity contribution in [1.82, 2.24) is 14.9 Å². The van der Waals surface area contributed by atoms with Crippen LogP contribution in [0.2, 0.25) is 5.02 Å². The molecule has 3 rings (SSSR count). The van der Waals surface area contributed by atoms with E-state index in [0.29, 0.717) is 48.5 Å². The van der Waals surface area contributed by atoms with Crippen molar-refractivity contribution in [2.24, 2.45) is 0 Å². The number of anilines is 2. The molecule has 0 unspecified atom stereocenters. The molecule has 8 nitrogen and oxygen atoms in total. The van der Waals surface area contributed by atoms with Gasteiger partial charge in [-0.05, 0) is 30.4 Å². The van der Waals surface area contributed by atoms with Gasteiger partial charge in [-0.1, -0.05) is 11.6 Å². The second kappa shape index (κ2) is 8.16. The van der Waals surface area contributed by atoms with Gasteiger partial charge >= 0.3 is 5.97 Å². The molecule has 2 aromatic rings. The van der Waals surface area contributed by atoms with Gasteiger partial charge in [-0.15, -0.1) is 0 Å². The van der Waals surface area contributed by atoms with Crippen LogP contribution < -0.4 is 10.2 Å². The molecule has 0 bridgehead atoms. The third-order valence-electron chi connectivity index (χ3n) is 4.10. The molecule has 2 N–H and O–H groups in total. The predicted molar refractivity (Wildman–Crippen MR) is 105 cm³/mol. The van der Waals surface area contributed by atoms with Crippen molar-refractivity contribution >= 4 is 46.4 Å². The van der Waals surface area contributed by atoms with Gasteiger partial charge in [0.25, 0.3) is 0 Å². The van der Waals surface area contributed by atoms with Crippen molar-refractivity contribution in [1.29, 1.82) is 5.26 Å². The average molecular weight is 403 g/mol. The Labute approximate surface area is 166 Å². The maximum Gasteiger partial charge on any atom is 0.337 e. The first-order chi connectivity index (χ1) is 13.0. The quantitative estimate of drug-likeness (QED) is 0.747. The molecule has 1 fully saturated rings. The number of thiocarbonyl (C=S) groups is 1. The Morgan fingerprint density at radius 1 is 1.26 bits per heavy atom. The van der Waals surface area contributed by atoms with Crippen LogP contribution in [0, 0.1) is 11.3 Å². The molecule has 1 aliphatic heterocycles. The van der Waals surface area contributed by atoms with Gasteiger partial charge in [-0.2, -0.15) is 5.26 Å². The van der Waals surface area contributed by atoms with E-state index < -0.39 is 5.97 Å². The van der Waals surface area contributed by atoms with Gasteiger partial charge in [0.1, 0.15) is 6.07 Å². The van der Waals surface area contributed by atoms with Gasteiger partial charge in [-0.3, -0.25) is 0 Å². The molecule has 1 aliphatic rings. The Balaban J connectivity index is 1.61. The van der Waals surface area contributed by atoms with Crippen LogP contribution in [0.3, 0.4) is 0 Å². The fourth-order valence-corrected chi connectivity index (χ4v) is 3.29. The second-order valence-corrected chi connectivity index (χ2v) is 6.54. The largest absolute Gasteiger partial charge is 0.478 e. The average Bonchev–Trinajstić information content (AvgIpc) is 2.68. The fourth-order valence-electron chi connectivity index (χ4n) is 2.73. The summed E-state index contributed by atoms with van der Waals surface area (Å²) in [5.41, 5.74) is 0.969. The molecule has 0 spiro atoms. The van der Waals surface area contributed by atoms with Crippen LogP contribution in [-0.2, 0) is 0 Å². The molecule has 0 radical (unpaired) electrons. The summed E-state index contributed by atoms with van der Waals surface area (Å²) in [6.07, 6.45) is 3.07. The Morgan fingerprint density at radius 3 is 2.59 bits per heavy atom. The Bertz CT molecular complexity index is 924. The number of carboxylic acids is 1. The molecule has 0 saturated carbocycles. The lowest BCUT2D eigenvalue weighted by molar-refractivity contribution is 0.0697. The van der Waals surface area contributed by atoms with Crippen LogP contribution in [0.25, 0.3) is 0 Å². The van der Waals surface area contributed by atoms with Crippen molar-refractivity contribution in [2.75, 3.05) is 36.4 Å². The number of aromatic nitrogens is 2. The SMILES string of the molecule is N#Cc1nccnc1N1CCN(C(=S)Nc2ccc(C(=O)O)c(Cl)c2)CC1. The van der Waals surface area contributed by atoms with E-state index in [1.807, 2.05) is 9.80 Å². The highest BCUT2D eigenvalue weighted by Gasteiger charge is 2.22. The molecular formula is C17H15ClN6O2S. The zero-order chi connectivity index (χ0) is 19.4. The van der Waals surface area contributed by atoms with E-state index in [9.17, 15) is 4.79 Å². The molecule has 0 amide bonds. The number of hydrogen-bond acceptors (Lipinski definition) is 6. The number of carboxylic acid groups (broad SMARTS) is 1. The monoisotopic (exact) mass is 402 g/mol. The summed E-state index contributed by atoms with van der Waals surface area (Å²) in [5, 5.41) is 21.9. The number of nitrogens with one attached hydrogen (secondary N) is 1. The van der Waals surface area contributed by atoms with Crippen LogP contribution in [0.1, 0.15) is 16.1 Å². The van der Waals surface area contributed by atoms with Crippen molar-refractivity contribution < 1.29 is 9.90 Å². The van der Waals surface area contributed by atoms with E-state index in [-0.39, 0.29) is 10.6 Å². The molecule has 10 heteroatoms. The third kappa shape index (κ3) is 4.24. The normalized spacial score (nSPS) is 13.8. The summed E-state index contributed by atoms with van der Waals surface area (Å²) in [7, 11) is 0. The first-order valence-corrected chi connectivity index (χ1v) is 8.83. The zero-order valence-corrected chi connectivity index (χ0v) is 15.7. The number of aromatic carboxylic acids is 1. The summed E-state index contributed by atoms with van der Waals surface area (Å²) in [6.45, 7) is 2.59. The van der Waals surface area contributed by atoms with Gasteiger partial charge in [0, 0.05) is 44.3 Å². The Morgan fingerprint density at radius 2 is 1.96 bits per heavy atom. The molecule has 1 saturated heterocycles. The standard InChI is InChI=1S/C17H15ClN6O2S/c18-13-9-11(1-2-12(13)16(25)26)22-17(27)24-7-5-23(6-8-24)15-14(10-19)20-3-4-21-15/h1-4,9H,5-8H2,(H,22,27)(H,25,26). The number of hydrogen-bond donors (Lipinski definition) is 2. The highest BCUT2D eigenvalue weighted by atomic mass is 35.5. The highest BCUT2D eigenvalue weighted by Crippen LogP contribution is 2.22. The smallest absolute Gasteiger partial charge is 0.337 e. The number of halogens is 1. The van der Waals surface area contributed by atoms with E-state index >= 15 is 0 Å². The molecule has 27 heavy (non-hydrogen) atoms. The number of benzene rings is 1. The lowest BCUT2D eigenvalue weighted by Gasteiger charge is -2.36. The number of rotatable bonds is 3. The first kappa shape index (κ1) is 18.8. The minimum atomic E-state index is -1.08. The summed E-state index contributed by atoms with van der Waals surface area (Å²) in [4.78, 5) is 23.3. The first-order valence-electron chi connectivity index (χ1n) is 8.04. The molecular weight excluding hydrogens is 388 g/mol. The Hall–Kier alpha value is -2.96. The van der Waals surface area contributed by atoms with Crippen LogP contribution in [0.4, 0.5) is 11.5 Å². The van der Waals surface area contributed by atoms with Crippen molar-refractivity contribution in [3.05, 3.63) is 46.9 Å². The van der Waals surface area contributed by atoms with Crippen molar-refractivity contribution in [3.8, 4) is 6.07 Å². The van der Waals surface area contributed by atoms with Gasteiger partial charge in [-0.25, -0.2) is 14.8 Å². The molecule has 138 valence electrons. The lowest BCUT2D eigenvalue weighted by atomic mass is 10.2. The molecule has 0 atom stereocenters. The van der Waals surface area contributed by atoms with E-state index in [1.54, 1.807) is 12.3 Å². The van der Waals surface area contributed by atoms with E-state index in [4.69, 9.17) is 34.2 Å². The van der Waals surface area contributed by atoms with Gasteiger partial charge in [0.2, 0.25) is 0 Å². The lowest BCUT2D eigenvalue weighted by Crippen LogP contribution is -2.50. The van der Waals surface area contributed by atoms with Crippen LogP contribution in [0.5, 0.6) is 0 Å². The van der Waals surface area contributed by atoms with Crippen LogP contribution in [-0.4, -0.2) is 57.2 Å². The molecule has 0 aliphatic carbocycles. The van der Waals surface area contributed by atoms with E-state index in [1.165, 1.54) is 18.3 Å². The predicted octanol–water partition coefficient (Wildman–Crippen LogP) is 2.22.